The minimum Gasteiger partial charge on any atom is -0.454 e. The third kappa shape index (κ3) is 3.65. The van der Waals surface area contributed by atoms with Crippen molar-refractivity contribution in [2.45, 2.75) is 12.5 Å². The third-order valence-corrected chi connectivity index (χ3v) is 6.29. The summed E-state index contributed by atoms with van der Waals surface area (Å²) >= 11 is 3.44. The average Bonchev–Trinajstić information content (AvgIpc) is 3.39. The maximum Gasteiger partial charge on any atom is 0.231 e. The van der Waals surface area contributed by atoms with E-state index in [1.54, 1.807) is 17.0 Å². The van der Waals surface area contributed by atoms with Gasteiger partial charge in [-0.2, -0.15) is 0 Å². The van der Waals surface area contributed by atoms with E-state index in [-0.39, 0.29) is 37.0 Å². The summed E-state index contributed by atoms with van der Waals surface area (Å²) in [5.74, 6) is 0.902. The second-order valence-electron chi connectivity index (χ2n) is 7.64. The molecule has 2 fully saturated rings. The molecule has 0 N–H and O–H groups in total. The van der Waals surface area contributed by atoms with Crippen LogP contribution in [0.4, 0.5) is 5.69 Å². The van der Waals surface area contributed by atoms with Gasteiger partial charge in [0, 0.05) is 35.7 Å². The van der Waals surface area contributed by atoms with Crippen LogP contribution < -0.4 is 14.4 Å². The van der Waals surface area contributed by atoms with Crippen LogP contribution >= 0.6 is 15.9 Å². The number of morpholine rings is 1. The van der Waals surface area contributed by atoms with Crippen LogP contribution in [0.1, 0.15) is 18.1 Å². The number of rotatable bonds is 3. The molecule has 0 aromatic heterocycles. The van der Waals surface area contributed by atoms with Crippen LogP contribution in [0.15, 0.2) is 46.9 Å². The molecule has 2 amide bonds. The lowest BCUT2D eigenvalue weighted by molar-refractivity contribution is -0.143. The molecule has 0 radical (unpaired) electrons. The topological polar surface area (TPSA) is 68.3 Å². The van der Waals surface area contributed by atoms with E-state index in [2.05, 4.69) is 15.9 Å². The average molecular weight is 473 g/mol. The van der Waals surface area contributed by atoms with Crippen molar-refractivity contribution < 1.29 is 23.8 Å². The summed E-state index contributed by atoms with van der Waals surface area (Å²) < 4.78 is 17.6. The summed E-state index contributed by atoms with van der Waals surface area (Å²) in [6.45, 7) is 2.08. The van der Waals surface area contributed by atoms with Gasteiger partial charge in [0.1, 0.15) is 6.10 Å². The van der Waals surface area contributed by atoms with E-state index < -0.39 is 0 Å². The van der Waals surface area contributed by atoms with Crippen LogP contribution in [-0.2, 0) is 14.3 Å². The zero-order valence-corrected chi connectivity index (χ0v) is 17.8. The van der Waals surface area contributed by atoms with Crippen LogP contribution in [0.2, 0.25) is 0 Å². The number of ether oxygens (including phenoxy) is 3. The molecule has 2 unspecified atom stereocenters. The SMILES string of the molecule is O=C(C1CC(=O)N(c2ccc3c(c2)OCO3)C1)N1CCOC(c2ccc(Br)cc2)C1. The maximum absolute atomic E-state index is 13.2. The van der Waals surface area contributed by atoms with Gasteiger partial charge in [-0.05, 0) is 29.8 Å². The molecule has 30 heavy (non-hydrogen) atoms. The van der Waals surface area contributed by atoms with Gasteiger partial charge in [0.25, 0.3) is 0 Å². The van der Waals surface area contributed by atoms with Crippen molar-refractivity contribution in [2.75, 3.05) is 37.9 Å². The van der Waals surface area contributed by atoms with Crippen LogP contribution in [0.3, 0.4) is 0 Å². The van der Waals surface area contributed by atoms with Crippen molar-refractivity contribution in [3.05, 3.63) is 52.5 Å². The Kier molecular flexibility index (Phi) is 5.12. The molecule has 3 aliphatic rings. The number of hydrogen-bond acceptors (Lipinski definition) is 5. The minimum atomic E-state index is -0.355. The number of hydrogen-bond donors (Lipinski definition) is 0. The molecule has 3 heterocycles. The van der Waals surface area contributed by atoms with Crippen LogP contribution in [-0.4, -0.2) is 49.7 Å². The number of carbonyl (C=O) groups excluding carboxylic acids is 2. The zero-order chi connectivity index (χ0) is 20.7. The number of benzene rings is 2. The van der Waals surface area contributed by atoms with Gasteiger partial charge in [0.05, 0.1) is 19.1 Å². The lowest BCUT2D eigenvalue weighted by Crippen LogP contribution is -2.45. The predicted octanol–water partition coefficient (Wildman–Crippen LogP) is 3.13. The molecular weight excluding hydrogens is 452 g/mol. The molecule has 2 saturated heterocycles. The molecule has 7 nitrogen and oxygen atoms in total. The first-order valence-corrected chi connectivity index (χ1v) is 10.7. The first-order valence-electron chi connectivity index (χ1n) is 9.94. The Bertz CT molecular complexity index is 980. The van der Waals surface area contributed by atoms with E-state index in [1.807, 2.05) is 35.2 Å². The van der Waals surface area contributed by atoms with Gasteiger partial charge in [0.2, 0.25) is 18.6 Å². The second kappa shape index (κ2) is 7.92. The Labute approximate surface area is 182 Å². The normalized spacial score (nSPS) is 23.2. The van der Waals surface area contributed by atoms with Gasteiger partial charge in [-0.25, -0.2) is 0 Å². The van der Waals surface area contributed by atoms with E-state index in [0.717, 1.165) is 15.7 Å². The number of anilines is 1. The standard InChI is InChI=1S/C22H21BrN2O5/c23-16-3-1-14(2-4-16)20-12-24(7-8-28-20)22(27)15-9-21(26)25(11-15)17-5-6-18-19(10-17)30-13-29-18/h1-6,10,15,20H,7-9,11-13H2. The summed E-state index contributed by atoms with van der Waals surface area (Å²) in [6, 6.07) is 13.4. The van der Waals surface area contributed by atoms with E-state index >= 15 is 0 Å². The Hall–Kier alpha value is -2.58. The summed E-state index contributed by atoms with van der Waals surface area (Å²) in [5.41, 5.74) is 1.77. The highest BCUT2D eigenvalue weighted by Gasteiger charge is 2.39. The number of nitrogens with zero attached hydrogens (tertiary/aromatic N) is 2. The second-order valence-corrected chi connectivity index (χ2v) is 8.55. The van der Waals surface area contributed by atoms with Gasteiger partial charge < -0.3 is 24.0 Å². The van der Waals surface area contributed by atoms with Crippen LogP contribution in [0, 0.1) is 5.92 Å². The summed E-state index contributed by atoms with van der Waals surface area (Å²) in [6.07, 6.45) is 0.0611. The maximum atomic E-state index is 13.2. The molecule has 5 rings (SSSR count). The molecule has 0 saturated carbocycles. The van der Waals surface area contributed by atoms with Crippen LogP contribution in [0.25, 0.3) is 0 Å². The quantitative estimate of drug-likeness (QED) is 0.686. The van der Waals surface area contributed by atoms with Gasteiger partial charge in [0.15, 0.2) is 11.5 Å². The van der Waals surface area contributed by atoms with Gasteiger partial charge in [-0.1, -0.05) is 28.1 Å². The fourth-order valence-electron chi connectivity index (χ4n) is 4.16. The van der Waals surface area contributed by atoms with Crippen molar-refractivity contribution in [3.63, 3.8) is 0 Å². The molecule has 0 spiro atoms. The summed E-state index contributed by atoms with van der Waals surface area (Å²) in [5, 5.41) is 0. The largest absolute Gasteiger partial charge is 0.454 e. The van der Waals surface area contributed by atoms with Crippen molar-refractivity contribution in [1.29, 1.82) is 0 Å². The highest BCUT2D eigenvalue weighted by Crippen LogP contribution is 2.37. The number of halogens is 1. The Balaban J connectivity index is 1.27. The fourth-order valence-corrected chi connectivity index (χ4v) is 4.43. The summed E-state index contributed by atoms with van der Waals surface area (Å²) in [7, 11) is 0. The van der Waals surface area contributed by atoms with Crippen molar-refractivity contribution in [1.82, 2.24) is 4.90 Å². The number of amides is 2. The highest BCUT2D eigenvalue weighted by molar-refractivity contribution is 9.10. The van der Waals surface area contributed by atoms with E-state index in [4.69, 9.17) is 14.2 Å². The van der Waals surface area contributed by atoms with Gasteiger partial charge >= 0.3 is 0 Å². The molecular formula is C22H21BrN2O5. The molecule has 156 valence electrons. The smallest absolute Gasteiger partial charge is 0.231 e. The number of carbonyl (C=O) groups is 2. The van der Waals surface area contributed by atoms with Gasteiger partial charge in [-0.15, -0.1) is 0 Å². The Morgan fingerprint density at radius 2 is 1.83 bits per heavy atom. The van der Waals surface area contributed by atoms with Crippen molar-refractivity contribution >= 4 is 33.4 Å². The predicted molar refractivity (Wildman–Crippen MR) is 112 cm³/mol. The fraction of sp³-hybridized carbons (Fsp3) is 0.364. The molecule has 2 aromatic carbocycles. The monoisotopic (exact) mass is 472 g/mol. The first-order chi connectivity index (χ1) is 14.6. The first kappa shape index (κ1) is 19.4. The van der Waals surface area contributed by atoms with E-state index in [9.17, 15) is 9.59 Å². The van der Waals surface area contributed by atoms with Crippen molar-refractivity contribution in [3.8, 4) is 11.5 Å². The van der Waals surface area contributed by atoms with Gasteiger partial charge in [-0.3, -0.25) is 9.59 Å². The zero-order valence-electron chi connectivity index (χ0n) is 16.3. The molecule has 0 aliphatic carbocycles. The van der Waals surface area contributed by atoms with Crippen LogP contribution in [0.5, 0.6) is 11.5 Å². The molecule has 8 heteroatoms. The van der Waals surface area contributed by atoms with E-state index in [1.165, 1.54) is 0 Å². The Morgan fingerprint density at radius 3 is 2.67 bits per heavy atom. The molecule has 0 bridgehead atoms. The lowest BCUT2D eigenvalue weighted by Gasteiger charge is -2.34. The minimum absolute atomic E-state index is 0.0111. The van der Waals surface area contributed by atoms with Crippen molar-refractivity contribution in [2.24, 2.45) is 5.92 Å². The summed E-state index contributed by atoms with van der Waals surface area (Å²) in [4.78, 5) is 29.3. The molecule has 2 aromatic rings. The highest BCUT2D eigenvalue weighted by atomic mass is 79.9. The number of fused-ring (bicyclic) bond motifs is 1. The molecule has 2 atom stereocenters. The lowest BCUT2D eigenvalue weighted by atomic mass is 10.0. The van der Waals surface area contributed by atoms with E-state index in [0.29, 0.717) is 37.7 Å². The molecule has 3 aliphatic heterocycles. The Morgan fingerprint density at radius 1 is 1.03 bits per heavy atom. The third-order valence-electron chi connectivity index (χ3n) is 5.76.